The van der Waals surface area contributed by atoms with E-state index in [1.165, 1.54) is 0 Å². The molecule has 0 aliphatic carbocycles. The van der Waals surface area contributed by atoms with Gasteiger partial charge < -0.3 is 14.2 Å². The smallest absolute Gasteiger partial charge is 0.244 e. The van der Waals surface area contributed by atoms with Gasteiger partial charge in [0.15, 0.2) is 11.5 Å². The van der Waals surface area contributed by atoms with Gasteiger partial charge >= 0.3 is 0 Å². The van der Waals surface area contributed by atoms with Crippen molar-refractivity contribution in [2.24, 2.45) is 5.10 Å². The van der Waals surface area contributed by atoms with Gasteiger partial charge in [0.25, 0.3) is 0 Å². The summed E-state index contributed by atoms with van der Waals surface area (Å²) in [5.74, 6) is 3.89. The third kappa shape index (κ3) is 5.40. The number of nitrogens with one attached hydrogen (secondary N) is 1. The highest BCUT2D eigenvalue weighted by atomic mass is 32.2. The molecule has 0 atom stereocenters. The van der Waals surface area contributed by atoms with Gasteiger partial charge in [-0.05, 0) is 35.4 Å². The highest BCUT2D eigenvalue weighted by Crippen LogP contribution is 2.27. The summed E-state index contributed by atoms with van der Waals surface area (Å²) in [7, 11) is 3.14. The first-order valence-electron chi connectivity index (χ1n) is 8.55. The van der Waals surface area contributed by atoms with Crippen molar-refractivity contribution in [3.8, 4) is 17.2 Å². The number of hydrogen-bond acceptors (Lipinski definition) is 6. The predicted molar refractivity (Wildman–Crippen MR) is 107 cm³/mol. The Hall–Kier alpha value is -2.67. The third-order valence-electron chi connectivity index (χ3n) is 3.98. The normalized spacial score (nSPS) is 13.9. The van der Waals surface area contributed by atoms with Gasteiger partial charge in [-0.3, -0.25) is 4.79 Å². The number of thioether (sulfide) groups is 1. The second-order valence-electron chi connectivity index (χ2n) is 6.01. The summed E-state index contributed by atoms with van der Waals surface area (Å²) in [5.41, 5.74) is 4.22. The zero-order valence-electron chi connectivity index (χ0n) is 15.3. The molecular formula is C20H22N2O4S. The molecule has 1 aliphatic rings. The van der Waals surface area contributed by atoms with Gasteiger partial charge in [-0.1, -0.05) is 18.2 Å². The molecule has 0 radical (unpaired) electrons. The van der Waals surface area contributed by atoms with E-state index < -0.39 is 0 Å². The molecule has 0 unspecified atom stereocenters. The molecule has 0 spiro atoms. The zero-order chi connectivity index (χ0) is 19.1. The van der Waals surface area contributed by atoms with Crippen molar-refractivity contribution in [3.63, 3.8) is 0 Å². The molecule has 0 bridgehead atoms. The largest absolute Gasteiger partial charge is 0.493 e. The Balaban J connectivity index is 1.53. The average Bonchev–Trinajstić information content (AvgIpc) is 2.65. The maximum atomic E-state index is 12.1. The zero-order valence-corrected chi connectivity index (χ0v) is 16.1. The fourth-order valence-corrected chi connectivity index (χ4v) is 3.10. The number of nitrogens with zero attached hydrogens (tertiary/aromatic N) is 1. The van der Waals surface area contributed by atoms with E-state index in [9.17, 15) is 4.79 Å². The van der Waals surface area contributed by atoms with Crippen molar-refractivity contribution in [3.05, 3.63) is 53.6 Å². The first-order chi connectivity index (χ1) is 13.2. The lowest BCUT2D eigenvalue weighted by Crippen LogP contribution is -2.31. The van der Waals surface area contributed by atoms with Crippen LogP contribution in [-0.4, -0.2) is 44.0 Å². The van der Waals surface area contributed by atoms with Crippen molar-refractivity contribution in [1.82, 2.24) is 5.43 Å². The molecule has 7 heteroatoms. The average molecular weight is 386 g/mol. The number of amides is 1. The van der Waals surface area contributed by atoms with E-state index in [1.54, 1.807) is 32.6 Å². The minimum Gasteiger partial charge on any atom is -0.493 e. The molecule has 0 saturated carbocycles. The number of carbonyl (C=O) groups excluding carboxylic acids is 1. The van der Waals surface area contributed by atoms with Crippen LogP contribution in [0.4, 0.5) is 0 Å². The molecule has 27 heavy (non-hydrogen) atoms. The Kier molecular flexibility index (Phi) is 6.59. The Morgan fingerprint density at radius 2 is 2.00 bits per heavy atom. The number of benzene rings is 2. The maximum Gasteiger partial charge on any atom is 0.244 e. The predicted octanol–water partition coefficient (Wildman–Crippen LogP) is 2.89. The summed E-state index contributed by atoms with van der Waals surface area (Å²) < 4.78 is 16.3. The Morgan fingerprint density at radius 3 is 2.70 bits per heavy atom. The van der Waals surface area contributed by atoms with E-state index in [-0.39, 0.29) is 12.3 Å². The van der Waals surface area contributed by atoms with Crippen molar-refractivity contribution in [2.75, 3.05) is 25.7 Å². The molecule has 1 fully saturated rings. The Labute approximate surface area is 162 Å². The minimum atomic E-state index is -0.211. The van der Waals surface area contributed by atoms with Crippen LogP contribution in [0.1, 0.15) is 11.1 Å². The number of hydrogen-bond donors (Lipinski definition) is 1. The number of carbonyl (C=O) groups is 1. The van der Waals surface area contributed by atoms with Crippen molar-refractivity contribution in [2.45, 2.75) is 12.5 Å². The van der Waals surface area contributed by atoms with Gasteiger partial charge in [-0.2, -0.15) is 16.9 Å². The SMILES string of the molecule is COc1ccc(CC(=O)NN=Cc2cccc(OC3CSC3)c2)cc1OC. The molecule has 2 aromatic rings. The van der Waals surface area contributed by atoms with Gasteiger partial charge in [-0.15, -0.1) is 0 Å². The quantitative estimate of drug-likeness (QED) is 0.558. The van der Waals surface area contributed by atoms with Crippen molar-refractivity contribution >= 4 is 23.9 Å². The van der Waals surface area contributed by atoms with Crippen LogP contribution in [-0.2, 0) is 11.2 Å². The van der Waals surface area contributed by atoms with E-state index >= 15 is 0 Å². The van der Waals surface area contributed by atoms with E-state index in [4.69, 9.17) is 14.2 Å². The molecule has 6 nitrogen and oxygen atoms in total. The third-order valence-corrected chi connectivity index (χ3v) is 5.20. The topological polar surface area (TPSA) is 69.2 Å². The summed E-state index contributed by atoms with van der Waals surface area (Å²) in [6.45, 7) is 0. The standard InChI is InChI=1S/C20H22N2O4S/c1-24-18-7-6-14(9-19(18)25-2)10-20(23)22-21-11-15-4-3-5-16(8-15)26-17-12-27-13-17/h3-9,11,17H,10,12-13H2,1-2H3,(H,22,23). The molecule has 1 N–H and O–H groups in total. The van der Waals surface area contributed by atoms with Gasteiger partial charge in [0, 0.05) is 11.5 Å². The number of methoxy groups -OCH3 is 2. The van der Waals surface area contributed by atoms with Crippen molar-refractivity contribution < 1.29 is 19.0 Å². The van der Waals surface area contributed by atoms with Crippen LogP contribution < -0.4 is 19.6 Å². The first kappa shape index (κ1) is 19.1. The van der Waals surface area contributed by atoms with Crippen LogP contribution in [0.3, 0.4) is 0 Å². The molecular weight excluding hydrogens is 364 g/mol. The van der Waals surface area contributed by atoms with Crippen LogP contribution in [0.15, 0.2) is 47.6 Å². The highest BCUT2D eigenvalue weighted by Gasteiger charge is 2.19. The monoisotopic (exact) mass is 386 g/mol. The molecule has 142 valence electrons. The first-order valence-corrected chi connectivity index (χ1v) is 9.70. The number of hydrazone groups is 1. The van der Waals surface area contributed by atoms with Crippen LogP contribution >= 0.6 is 11.8 Å². The van der Waals surface area contributed by atoms with E-state index in [0.29, 0.717) is 17.6 Å². The minimum absolute atomic E-state index is 0.195. The summed E-state index contributed by atoms with van der Waals surface area (Å²) in [6.07, 6.45) is 2.10. The van der Waals surface area contributed by atoms with Crippen LogP contribution in [0.25, 0.3) is 0 Å². The van der Waals surface area contributed by atoms with Crippen LogP contribution in [0.5, 0.6) is 17.2 Å². The maximum absolute atomic E-state index is 12.1. The van der Waals surface area contributed by atoms with Gasteiger partial charge in [0.1, 0.15) is 11.9 Å². The van der Waals surface area contributed by atoms with E-state index in [2.05, 4.69) is 10.5 Å². The van der Waals surface area contributed by atoms with Crippen LogP contribution in [0, 0.1) is 0 Å². The molecule has 1 aliphatic heterocycles. The lowest BCUT2D eigenvalue weighted by Gasteiger charge is -2.25. The van der Waals surface area contributed by atoms with Gasteiger partial charge in [0.05, 0.1) is 26.9 Å². The molecule has 0 aromatic heterocycles. The summed E-state index contributed by atoms with van der Waals surface area (Å²) in [4.78, 5) is 12.1. The fourth-order valence-electron chi connectivity index (χ4n) is 2.54. The van der Waals surface area contributed by atoms with E-state index in [0.717, 1.165) is 28.4 Å². The second kappa shape index (κ2) is 9.32. The van der Waals surface area contributed by atoms with Gasteiger partial charge in [0.2, 0.25) is 5.91 Å². The number of rotatable bonds is 8. The molecule has 1 amide bonds. The van der Waals surface area contributed by atoms with Crippen molar-refractivity contribution in [1.29, 1.82) is 0 Å². The molecule has 1 heterocycles. The fraction of sp³-hybridized carbons (Fsp3) is 0.300. The summed E-state index contributed by atoms with van der Waals surface area (Å²) >= 11 is 1.88. The number of ether oxygens (including phenoxy) is 3. The van der Waals surface area contributed by atoms with Gasteiger partial charge in [-0.25, -0.2) is 5.43 Å². The molecule has 3 rings (SSSR count). The second-order valence-corrected chi connectivity index (χ2v) is 7.08. The Bertz CT molecular complexity index is 821. The highest BCUT2D eigenvalue weighted by molar-refractivity contribution is 8.00. The lowest BCUT2D eigenvalue weighted by molar-refractivity contribution is -0.120. The lowest BCUT2D eigenvalue weighted by atomic mass is 10.1. The summed E-state index contributed by atoms with van der Waals surface area (Å²) in [6, 6.07) is 13.0. The summed E-state index contributed by atoms with van der Waals surface area (Å²) in [5, 5.41) is 4.03. The molecule has 2 aromatic carbocycles. The van der Waals surface area contributed by atoms with E-state index in [1.807, 2.05) is 42.1 Å². The van der Waals surface area contributed by atoms with Crippen LogP contribution in [0.2, 0.25) is 0 Å². The Morgan fingerprint density at radius 1 is 1.19 bits per heavy atom. The molecule has 1 saturated heterocycles.